The van der Waals surface area contributed by atoms with Gasteiger partial charge in [-0.3, -0.25) is 4.79 Å². The molecule has 0 bridgehead atoms. The number of aromatic carboxylic acids is 1. The molecule has 0 saturated carbocycles. The van der Waals surface area contributed by atoms with E-state index in [0.717, 1.165) is 11.8 Å². The van der Waals surface area contributed by atoms with Gasteiger partial charge in [-0.05, 0) is 47.7 Å². The van der Waals surface area contributed by atoms with Crippen molar-refractivity contribution in [3.63, 3.8) is 0 Å². The number of carbonyl (C=O) groups excluding carboxylic acids is 1. The number of benzene rings is 2. The Kier molecular flexibility index (Phi) is 5.64. The molecule has 1 saturated heterocycles. The zero-order valence-electron chi connectivity index (χ0n) is 15.3. The van der Waals surface area contributed by atoms with Gasteiger partial charge in [-0.15, -0.1) is 0 Å². The predicted molar refractivity (Wildman–Crippen MR) is 107 cm³/mol. The summed E-state index contributed by atoms with van der Waals surface area (Å²) in [5, 5.41) is 31.5. The van der Waals surface area contributed by atoms with Crippen molar-refractivity contribution in [3.05, 3.63) is 46.4 Å². The number of hydrogen-bond donors (Lipinski definition) is 4. The van der Waals surface area contributed by atoms with Gasteiger partial charge in [-0.25, -0.2) is 9.79 Å². The first kappa shape index (κ1) is 20.1. The number of methoxy groups -OCH3 is 2. The first-order valence-electron chi connectivity index (χ1n) is 8.13. The fraction of sp³-hybridized carbons (Fsp3) is 0.105. The zero-order valence-corrected chi connectivity index (χ0v) is 16.1. The summed E-state index contributed by atoms with van der Waals surface area (Å²) >= 11 is 1.06. The molecule has 1 aliphatic heterocycles. The van der Waals surface area contributed by atoms with E-state index in [2.05, 4.69) is 10.3 Å². The molecule has 1 fully saturated rings. The van der Waals surface area contributed by atoms with Crippen LogP contribution in [-0.4, -0.2) is 46.6 Å². The second kappa shape index (κ2) is 8.15. The van der Waals surface area contributed by atoms with Crippen LogP contribution >= 0.6 is 11.8 Å². The third kappa shape index (κ3) is 4.27. The Labute approximate surface area is 169 Å². The van der Waals surface area contributed by atoms with E-state index in [9.17, 15) is 19.8 Å². The third-order valence-electron chi connectivity index (χ3n) is 3.89. The summed E-state index contributed by atoms with van der Waals surface area (Å²) in [4.78, 5) is 27.7. The van der Waals surface area contributed by atoms with Crippen molar-refractivity contribution in [2.24, 2.45) is 4.99 Å². The van der Waals surface area contributed by atoms with Gasteiger partial charge in [-0.2, -0.15) is 0 Å². The highest BCUT2D eigenvalue weighted by Gasteiger charge is 2.24. The van der Waals surface area contributed by atoms with Gasteiger partial charge in [0.1, 0.15) is 11.3 Å². The number of aliphatic imine (C=N–C) groups is 1. The Bertz CT molecular complexity index is 1040. The highest BCUT2D eigenvalue weighted by molar-refractivity contribution is 8.18. The van der Waals surface area contributed by atoms with Gasteiger partial charge in [0.2, 0.25) is 5.75 Å². The van der Waals surface area contributed by atoms with Gasteiger partial charge < -0.3 is 30.1 Å². The number of phenolic OH excluding ortho intramolecular Hbond substituents is 1. The molecule has 1 amide bonds. The number of hydrogen-bond acceptors (Lipinski definition) is 8. The van der Waals surface area contributed by atoms with Crippen molar-refractivity contribution in [2.45, 2.75) is 0 Å². The minimum absolute atomic E-state index is 0.146. The molecule has 3 rings (SSSR count). The molecule has 10 heteroatoms. The van der Waals surface area contributed by atoms with Gasteiger partial charge in [0, 0.05) is 6.07 Å². The van der Waals surface area contributed by atoms with Crippen LogP contribution in [-0.2, 0) is 4.79 Å². The van der Waals surface area contributed by atoms with Crippen LogP contribution in [0, 0.1) is 0 Å². The highest BCUT2D eigenvalue weighted by atomic mass is 32.2. The Morgan fingerprint density at radius 3 is 2.34 bits per heavy atom. The summed E-state index contributed by atoms with van der Waals surface area (Å²) in [5.74, 6) is -1.81. The van der Waals surface area contributed by atoms with E-state index in [4.69, 9.17) is 14.6 Å². The molecule has 1 heterocycles. The molecule has 4 N–H and O–H groups in total. The number of amidine groups is 1. The molecule has 29 heavy (non-hydrogen) atoms. The Morgan fingerprint density at radius 1 is 1.14 bits per heavy atom. The molecule has 9 nitrogen and oxygen atoms in total. The van der Waals surface area contributed by atoms with Crippen LogP contribution in [0.15, 0.2) is 40.2 Å². The molecule has 0 spiro atoms. The van der Waals surface area contributed by atoms with Crippen molar-refractivity contribution in [1.82, 2.24) is 5.32 Å². The Hall–Kier alpha value is -3.66. The summed E-state index contributed by atoms with van der Waals surface area (Å²) in [6.07, 6.45) is 1.58. The molecule has 0 aromatic heterocycles. The maximum atomic E-state index is 12.2. The topological polar surface area (TPSA) is 138 Å². The third-order valence-corrected chi connectivity index (χ3v) is 4.80. The number of thioether (sulfide) groups is 1. The largest absolute Gasteiger partial charge is 0.507 e. The number of nitrogens with one attached hydrogen (secondary N) is 1. The maximum absolute atomic E-state index is 12.2. The summed E-state index contributed by atoms with van der Waals surface area (Å²) < 4.78 is 10.2. The van der Waals surface area contributed by atoms with Crippen LogP contribution in [0.25, 0.3) is 6.08 Å². The van der Waals surface area contributed by atoms with Crippen LogP contribution in [0.4, 0.5) is 5.69 Å². The van der Waals surface area contributed by atoms with E-state index in [1.807, 2.05) is 0 Å². The molecule has 2 aromatic rings. The number of aromatic hydroxyl groups is 2. The minimum atomic E-state index is -1.25. The summed E-state index contributed by atoms with van der Waals surface area (Å²) in [5.41, 5.74) is 0.608. The van der Waals surface area contributed by atoms with E-state index in [1.54, 1.807) is 18.2 Å². The van der Waals surface area contributed by atoms with Crippen LogP contribution < -0.4 is 14.8 Å². The van der Waals surface area contributed by atoms with Gasteiger partial charge in [-0.1, -0.05) is 0 Å². The highest BCUT2D eigenvalue weighted by Crippen LogP contribution is 2.38. The monoisotopic (exact) mass is 416 g/mol. The van der Waals surface area contributed by atoms with E-state index >= 15 is 0 Å². The number of carbonyl (C=O) groups is 2. The number of carboxylic acids is 1. The molecule has 2 aromatic carbocycles. The number of phenols is 2. The average molecular weight is 416 g/mol. The van der Waals surface area contributed by atoms with Crippen molar-refractivity contribution in [2.75, 3.05) is 14.2 Å². The number of rotatable bonds is 5. The van der Waals surface area contributed by atoms with E-state index in [-0.39, 0.29) is 39.6 Å². The average Bonchev–Trinajstić information content (AvgIpc) is 3.01. The van der Waals surface area contributed by atoms with Gasteiger partial charge in [0.05, 0.1) is 24.8 Å². The van der Waals surface area contributed by atoms with E-state index in [1.165, 1.54) is 32.4 Å². The quantitative estimate of drug-likeness (QED) is 0.546. The van der Waals surface area contributed by atoms with Gasteiger partial charge in [0.25, 0.3) is 5.91 Å². The Balaban J connectivity index is 1.88. The van der Waals surface area contributed by atoms with Crippen molar-refractivity contribution < 1.29 is 34.4 Å². The lowest BCUT2D eigenvalue weighted by atomic mass is 10.1. The fourth-order valence-corrected chi connectivity index (χ4v) is 3.36. The number of nitrogens with zero attached hydrogens (tertiary/aromatic N) is 1. The van der Waals surface area contributed by atoms with E-state index in [0.29, 0.717) is 10.5 Å². The molecular formula is C19H16N2O7S. The SMILES string of the molecule is COc1cc(/C=C2\SC(=Nc3ccc(C(=O)O)c(O)c3)NC2=O)cc(OC)c1O. The van der Waals surface area contributed by atoms with Crippen molar-refractivity contribution in [1.29, 1.82) is 0 Å². The van der Waals surface area contributed by atoms with Gasteiger partial charge >= 0.3 is 5.97 Å². The lowest BCUT2D eigenvalue weighted by Crippen LogP contribution is -2.19. The first-order chi connectivity index (χ1) is 13.8. The van der Waals surface area contributed by atoms with Crippen molar-refractivity contribution in [3.8, 4) is 23.0 Å². The molecule has 0 radical (unpaired) electrons. The lowest BCUT2D eigenvalue weighted by Gasteiger charge is -2.09. The normalized spacial score (nSPS) is 16.1. The molecule has 150 valence electrons. The molecule has 0 aliphatic carbocycles. The second-order valence-corrected chi connectivity index (χ2v) is 6.79. The molecular weight excluding hydrogens is 400 g/mol. The van der Waals surface area contributed by atoms with Crippen molar-refractivity contribution >= 4 is 40.6 Å². The maximum Gasteiger partial charge on any atom is 0.339 e. The first-order valence-corrected chi connectivity index (χ1v) is 8.95. The molecule has 0 unspecified atom stereocenters. The van der Waals surface area contributed by atoms with Gasteiger partial charge in [0.15, 0.2) is 16.7 Å². The zero-order chi connectivity index (χ0) is 21.1. The van der Waals surface area contributed by atoms with Crippen LogP contribution in [0.2, 0.25) is 0 Å². The molecule has 0 atom stereocenters. The summed E-state index contributed by atoms with van der Waals surface area (Å²) in [6.45, 7) is 0. The number of ether oxygens (including phenoxy) is 2. The van der Waals surface area contributed by atoms with Crippen LogP contribution in [0.3, 0.4) is 0 Å². The summed E-state index contributed by atoms with van der Waals surface area (Å²) in [7, 11) is 2.80. The lowest BCUT2D eigenvalue weighted by molar-refractivity contribution is -0.115. The fourth-order valence-electron chi connectivity index (χ4n) is 2.52. The smallest absolute Gasteiger partial charge is 0.339 e. The van der Waals surface area contributed by atoms with Crippen LogP contribution in [0.5, 0.6) is 23.0 Å². The molecule has 1 aliphatic rings. The minimum Gasteiger partial charge on any atom is -0.507 e. The predicted octanol–water partition coefficient (Wildman–Crippen LogP) is 2.70. The van der Waals surface area contributed by atoms with E-state index < -0.39 is 11.7 Å². The van der Waals surface area contributed by atoms with Crippen LogP contribution in [0.1, 0.15) is 15.9 Å². The Morgan fingerprint density at radius 2 is 1.79 bits per heavy atom. The number of carboxylic acid groups (broad SMARTS) is 1. The summed E-state index contributed by atoms with van der Waals surface area (Å²) in [6, 6.07) is 6.94. The standard InChI is InChI=1S/C19H16N2O7S/c1-27-13-5-9(6-14(28-2)16(13)23)7-15-17(24)21-19(29-15)20-10-3-4-11(18(25)26)12(22)8-10/h3-8,22-23H,1-2H3,(H,25,26)(H,20,21,24)/b15-7-. The second-order valence-electron chi connectivity index (χ2n) is 5.76. The number of amides is 1.